The van der Waals surface area contributed by atoms with E-state index in [9.17, 15) is 13.2 Å². The van der Waals surface area contributed by atoms with Crippen LogP contribution in [0, 0.1) is 0 Å². The molecule has 0 fully saturated rings. The third kappa shape index (κ3) is 2.86. The van der Waals surface area contributed by atoms with E-state index in [2.05, 4.69) is 54.2 Å². The largest absolute Gasteiger partial charge is 0.416 e. The molecule has 2 aromatic rings. The number of alkyl halides is 3. The summed E-state index contributed by atoms with van der Waals surface area (Å²) in [7, 11) is -2.10. The molecule has 0 bridgehead atoms. The summed E-state index contributed by atoms with van der Waals surface area (Å²) in [5, 5.41) is 0. The van der Waals surface area contributed by atoms with Gasteiger partial charge in [-0.25, -0.2) is 0 Å². The average molecular weight is 463 g/mol. The molecule has 0 saturated heterocycles. The monoisotopic (exact) mass is 462 g/mol. The van der Waals surface area contributed by atoms with Gasteiger partial charge in [-0.3, -0.25) is 0 Å². The van der Waals surface area contributed by atoms with E-state index in [1.54, 1.807) is 12.1 Å². The van der Waals surface area contributed by atoms with Crippen molar-refractivity contribution in [2.45, 2.75) is 44.2 Å². The van der Waals surface area contributed by atoms with E-state index in [4.69, 9.17) is 0 Å². The highest BCUT2D eigenvalue weighted by Crippen LogP contribution is 2.54. The maximum atomic E-state index is 13.6. The Hall–Kier alpha value is -1.59. The minimum Gasteiger partial charge on any atom is -0.166 e. The molecule has 2 aromatic carbocycles. The Morgan fingerprint density at radius 3 is 1.89 bits per heavy atom. The molecule has 28 heavy (non-hydrogen) atoms. The first kappa shape index (κ1) is 19.7. The van der Waals surface area contributed by atoms with E-state index in [1.807, 2.05) is 19.1 Å². The molecule has 2 unspecified atom stereocenters. The number of benzene rings is 2. The van der Waals surface area contributed by atoms with E-state index in [0.717, 1.165) is 15.6 Å². The standard InChI is InChI=1S/C23H22BrF3Si/c1-13-11-17-15(7-5-9-19(17)23(25,26)27)21(13)28(3,4)22-14(2)12-18-16(22)8-6-10-20(18)24/h5-12,21-22H,1-4H3. The van der Waals surface area contributed by atoms with Gasteiger partial charge in [-0.15, -0.1) is 0 Å². The van der Waals surface area contributed by atoms with Crippen LogP contribution in [0.25, 0.3) is 12.2 Å². The van der Waals surface area contributed by atoms with Gasteiger partial charge in [0, 0.05) is 15.6 Å². The van der Waals surface area contributed by atoms with Crippen molar-refractivity contribution in [1.29, 1.82) is 0 Å². The van der Waals surface area contributed by atoms with Crippen LogP contribution >= 0.6 is 15.9 Å². The first-order valence-corrected chi connectivity index (χ1v) is 13.3. The van der Waals surface area contributed by atoms with Crippen molar-refractivity contribution >= 4 is 36.2 Å². The van der Waals surface area contributed by atoms with Gasteiger partial charge in [0.1, 0.15) is 0 Å². The smallest absolute Gasteiger partial charge is 0.166 e. The fraction of sp³-hybridized carbons (Fsp3) is 0.304. The summed E-state index contributed by atoms with van der Waals surface area (Å²) in [6, 6.07) is 10.9. The average Bonchev–Trinajstić information content (AvgIpc) is 3.10. The highest BCUT2D eigenvalue weighted by atomic mass is 79.9. The number of allylic oxidation sites excluding steroid dienone is 2. The topological polar surface area (TPSA) is 0 Å². The lowest BCUT2D eigenvalue weighted by Crippen LogP contribution is -2.42. The molecule has 0 aromatic heterocycles. The van der Waals surface area contributed by atoms with Crippen molar-refractivity contribution in [3.8, 4) is 0 Å². The van der Waals surface area contributed by atoms with Crippen molar-refractivity contribution < 1.29 is 13.2 Å². The second-order valence-corrected chi connectivity index (χ2v) is 14.2. The maximum Gasteiger partial charge on any atom is 0.416 e. The Kier molecular flexibility index (Phi) is 4.55. The molecule has 0 aliphatic heterocycles. The summed E-state index contributed by atoms with van der Waals surface area (Å²) < 4.78 is 41.8. The van der Waals surface area contributed by atoms with Gasteiger partial charge in [-0.1, -0.05) is 76.6 Å². The van der Waals surface area contributed by atoms with Crippen molar-refractivity contribution in [1.82, 2.24) is 0 Å². The fourth-order valence-electron chi connectivity index (χ4n) is 5.46. The van der Waals surface area contributed by atoms with E-state index in [1.165, 1.54) is 22.8 Å². The normalized spacial score (nSPS) is 21.3. The molecule has 4 rings (SSSR count). The van der Waals surface area contributed by atoms with Crippen LogP contribution in [0.4, 0.5) is 13.2 Å². The SMILES string of the molecule is CC1=Cc2c(Br)cccc2C1[Si](C)(C)C1C(C)=Cc2c1cccc2C(F)(F)F. The molecule has 0 amide bonds. The molecule has 0 heterocycles. The second kappa shape index (κ2) is 6.46. The first-order chi connectivity index (χ1) is 13.0. The second-order valence-electron chi connectivity index (χ2n) is 8.51. The van der Waals surface area contributed by atoms with Crippen molar-refractivity contribution in [3.05, 3.63) is 79.8 Å². The van der Waals surface area contributed by atoms with Crippen molar-refractivity contribution in [2.24, 2.45) is 0 Å². The Bertz CT molecular complexity index is 1030. The number of halogens is 4. The van der Waals surface area contributed by atoms with Crippen molar-refractivity contribution in [2.75, 3.05) is 0 Å². The summed E-state index contributed by atoms with van der Waals surface area (Å²) in [6.45, 7) is 8.80. The van der Waals surface area contributed by atoms with Crippen LogP contribution in [-0.4, -0.2) is 8.07 Å². The van der Waals surface area contributed by atoms with E-state index in [0.29, 0.717) is 5.56 Å². The predicted molar refractivity (Wildman–Crippen MR) is 116 cm³/mol. The summed E-state index contributed by atoms with van der Waals surface area (Å²) in [6.07, 6.45) is -0.323. The lowest BCUT2D eigenvalue weighted by Gasteiger charge is -2.39. The van der Waals surface area contributed by atoms with Crippen LogP contribution in [0.1, 0.15) is 52.7 Å². The quantitative estimate of drug-likeness (QED) is 0.397. The van der Waals surface area contributed by atoms with Crippen LogP contribution < -0.4 is 0 Å². The summed E-state index contributed by atoms with van der Waals surface area (Å²) in [5.74, 6) is 0. The number of rotatable bonds is 2. The summed E-state index contributed by atoms with van der Waals surface area (Å²) in [4.78, 5) is 0. The van der Waals surface area contributed by atoms with Gasteiger partial charge in [0.25, 0.3) is 0 Å². The molecule has 2 aliphatic carbocycles. The molecule has 2 atom stereocenters. The zero-order valence-electron chi connectivity index (χ0n) is 16.3. The highest BCUT2D eigenvalue weighted by Gasteiger charge is 2.48. The lowest BCUT2D eigenvalue weighted by molar-refractivity contribution is -0.137. The van der Waals surface area contributed by atoms with Crippen molar-refractivity contribution in [3.63, 3.8) is 0 Å². The minimum absolute atomic E-state index is 0.0723. The zero-order valence-corrected chi connectivity index (χ0v) is 18.9. The van der Waals surface area contributed by atoms with Crippen LogP contribution in [0.15, 0.2) is 52.0 Å². The Balaban J connectivity index is 1.85. The predicted octanol–water partition coefficient (Wildman–Crippen LogP) is 7.96. The highest BCUT2D eigenvalue weighted by molar-refractivity contribution is 9.10. The van der Waals surface area contributed by atoms with Gasteiger partial charge >= 0.3 is 6.18 Å². The first-order valence-electron chi connectivity index (χ1n) is 9.38. The molecule has 0 nitrogen and oxygen atoms in total. The lowest BCUT2D eigenvalue weighted by atomic mass is 10.0. The van der Waals surface area contributed by atoms with Gasteiger partial charge in [-0.2, -0.15) is 13.2 Å². The molecule has 146 valence electrons. The van der Waals surface area contributed by atoms with Gasteiger partial charge < -0.3 is 0 Å². The maximum absolute atomic E-state index is 13.6. The van der Waals surface area contributed by atoms with Crippen LogP contribution in [0.5, 0.6) is 0 Å². The van der Waals surface area contributed by atoms with E-state index < -0.39 is 19.8 Å². The number of fused-ring (bicyclic) bond motifs is 2. The van der Waals surface area contributed by atoms with Gasteiger partial charge in [-0.05, 0) is 48.2 Å². The minimum atomic E-state index is -4.33. The molecule has 0 N–H and O–H groups in total. The summed E-state index contributed by atoms with van der Waals surface area (Å²) in [5.41, 5.74) is 5.94. The molecule has 5 heteroatoms. The summed E-state index contributed by atoms with van der Waals surface area (Å²) >= 11 is 3.66. The fourth-order valence-corrected chi connectivity index (χ4v) is 10.9. The van der Waals surface area contributed by atoms with Gasteiger partial charge in [0.2, 0.25) is 0 Å². The molecule has 0 saturated carbocycles. The van der Waals surface area contributed by atoms with Gasteiger partial charge in [0.15, 0.2) is 0 Å². The molecule has 0 spiro atoms. The number of hydrogen-bond donors (Lipinski definition) is 0. The van der Waals surface area contributed by atoms with Crippen LogP contribution in [-0.2, 0) is 6.18 Å². The van der Waals surface area contributed by atoms with E-state index >= 15 is 0 Å². The van der Waals surface area contributed by atoms with Gasteiger partial charge in [0.05, 0.1) is 13.6 Å². The Morgan fingerprint density at radius 1 is 0.821 bits per heavy atom. The molecular weight excluding hydrogens is 441 g/mol. The Morgan fingerprint density at radius 2 is 1.32 bits per heavy atom. The molecule has 0 radical (unpaired) electrons. The molecule has 2 aliphatic rings. The van der Waals surface area contributed by atoms with Crippen LogP contribution in [0.2, 0.25) is 13.1 Å². The van der Waals surface area contributed by atoms with E-state index in [-0.39, 0.29) is 11.1 Å². The zero-order chi connectivity index (χ0) is 20.4. The third-order valence-corrected chi connectivity index (χ3v) is 11.5. The molecular formula is C23H22BrF3Si. The number of hydrogen-bond acceptors (Lipinski definition) is 0. The third-order valence-electron chi connectivity index (χ3n) is 6.30. The van der Waals surface area contributed by atoms with Crippen LogP contribution in [0.3, 0.4) is 0 Å². The Labute approximate surface area is 173 Å².